The van der Waals surface area contributed by atoms with Gasteiger partial charge in [-0.25, -0.2) is 0 Å². The van der Waals surface area contributed by atoms with E-state index in [0.717, 1.165) is 32.0 Å². The molecule has 0 amide bonds. The molecule has 3 heteroatoms. The van der Waals surface area contributed by atoms with Crippen LogP contribution in [0.15, 0.2) is 24.3 Å². The Morgan fingerprint density at radius 3 is 2.37 bits per heavy atom. The van der Waals surface area contributed by atoms with Gasteiger partial charge in [0, 0.05) is 13.1 Å². The highest BCUT2D eigenvalue weighted by Crippen LogP contribution is 2.15. The second kappa shape index (κ2) is 7.51. The van der Waals surface area contributed by atoms with Crippen molar-refractivity contribution < 1.29 is 4.74 Å². The molecule has 0 saturated carbocycles. The first-order valence-corrected chi connectivity index (χ1v) is 7.09. The van der Waals surface area contributed by atoms with Crippen molar-refractivity contribution in [3.05, 3.63) is 29.8 Å². The summed E-state index contributed by atoms with van der Waals surface area (Å²) in [6.45, 7) is 13.1. The van der Waals surface area contributed by atoms with Crippen molar-refractivity contribution in [2.45, 2.75) is 27.7 Å². The van der Waals surface area contributed by atoms with Crippen molar-refractivity contribution in [3.8, 4) is 5.75 Å². The molecule has 1 rings (SSSR count). The second-order valence-electron chi connectivity index (χ2n) is 5.90. The summed E-state index contributed by atoms with van der Waals surface area (Å²) in [5, 5.41) is 0. The Balaban J connectivity index is 2.35. The average molecular weight is 264 g/mol. The Kier molecular flexibility index (Phi) is 6.32. The van der Waals surface area contributed by atoms with E-state index in [1.54, 1.807) is 0 Å². The molecule has 19 heavy (non-hydrogen) atoms. The Morgan fingerprint density at radius 2 is 1.84 bits per heavy atom. The number of rotatable bonds is 8. The zero-order valence-electron chi connectivity index (χ0n) is 12.8. The molecular formula is C16H28N2O. The summed E-state index contributed by atoms with van der Waals surface area (Å²) in [6, 6.07) is 8.19. The highest BCUT2D eigenvalue weighted by molar-refractivity contribution is 5.26. The third-order valence-corrected chi connectivity index (χ3v) is 3.35. The molecule has 1 aromatic carbocycles. The highest BCUT2D eigenvalue weighted by atomic mass is 16.5. The first-order chi connectivity index (χ1) is 8.96. The molecule has 0 aliphatic rings. The van der Waals surface area contributed by atoms with Crippen molar-refractivity contribution in [1.82, 2.24) is 4.90 Å². The van der Waals surface area contributed by atoms with Gasteiger partial charge in [-0.15, -0.1) is 0 Å². The standard InChI is InChI=1S/C16H28N2O/c1-5-18(13-16(3,4)12-17)10-11-19-15-8-6-14(2)7-9-15/h6-9H,5,10-13,17H2,1-4H3. The van der Waals surface area contributed by atoms with Gasteiger partial charge in [-0.05, 0) is 37.6 Å². The number of ether oxygens (including phenoxy) is 1. The van der Waals surface area contributed by atoms with Gasteiger partial charge in [-0.2, -0.15) is 0 Å². The van der Waals surface area contributed by atoms with E-state index in [0.29, 0.717) is 6.54 Å². The van der Waals surface area contributed by atoms with E-state index < -0.39 is 0 Å². The molecule has 0 heterocycles. The molecule has 108 valence electrons. The van der Waals surface area contributed by atoms with Crippen LogP contribution in [0.1, 0.15) is 26.3 Å². The van der Waals surface area contributed by atoms with Crippen LogP contribution in [0.25, 0.3) is 0 Å². The van der Waals surface area contributed by atoms with Gasteiger partial charge in [-0.3, -0.25) is 4.90 Å². The smallest absolute Gasteiger partial charge is 0.119 e. The Hall–Kier alpha value is -1.06. The minimum Gasteiger partial charge on any atom is -0.492 e. The lowest BCUT2D eigenvalue weighted by Gasteiger charge is -2.30. The predicted molar refractivity (Wildman–Crippen MR) is 81.6 cm³/mol. The summed E-state index contributed by atoms with van der Waals surface area (Å²) >= 11 is 0. The first-order valence-electron chi connectivity index (χ1n) is 7.09. The van der Waals surface area contributed by atoms with Crippen LogP contribution in [-0.2, 0) is 0 Å². The molecular weight excluding hydrogens is 236 g/mol. The molecule has 3 nitrogen and oxygen atoms in total. The Morgan fingerprint density at radius 1 is 1.21 bits per heavy atom. The summed E-state index contributed by atoms with van der Waals surface area (Å²) in [5.41, 5.74) is 7.21. The molecule has 0 atom stereocenters. The molecule has 1 aromatic rings. The maximum Gasteiger partial charge on any atom is 0.119 e. The van der Waals surface area contributed by atoms with Crippen molar-refractivity contribution in [1.29, 1.82) is 0 Å². The van der Waals surface area contributed by atoms with Gasteiger partial charge in [0.1, 0.15) is 12.4 Å². The number of hydrogen-bond acceptors (Lipinski definition) is 3. The van der Waals surface area contributed by atoms with E-state index in [1.807, 2.05) is 12.1 Å². The lowest BCUT2D eigenvalue weighted by molar-refractivity contribution is 0.160. The van der Waals surface area contributed by atoms with Gasteiger partial charge < -0.3 is 10.5 Å². The van der Waals surface area contributed by atoms with E-state index in [-0.39, 0.29) is 5.41 Å². The van der Waals surface area contributed by atoms with E-state index in [2.05, 4.69) is 44.7 Å². The van der Waals surface area contributed by atoms with E-state index in [9.17, 15) is 0 Å². The largest absolute Gasteiger partial charge is 0.492 e. The zero-order chi connectivity index (χ0) is 14.3. The van der Waals surface area contributed by atoms with Crippen molar-refractivity contribution >= 4 is 0 Å². The molecule has 0 aromatic heterocycles. The maximum absolute atomic E-state index is 5.79. The third-order valence-electron chi connectivity index (χ3n) is 3.35. The molecule has 0 bridgehead atoms. The fraction of sp³-hybridized carbons (Fsp3) is 0.625. The highest BCUT2D eigenvalue weighted by Gasteiger charge is 2.19. The van der Waals surface area contributed by atoms with Gasteiger partial charge in [-0.1, -0.05) is 38.5 Å². The van der Waals surface area contributed by atoms with Gasteiger partial charge >= 0.3 is 0 Å². The van der Waals surface area contributed by atoms with Crippen LogP contribution < -0.4 is 10.5 Å². The minimum atomic E-state index is 0.167. The van der Waals surface area contributed by atoms with Gasteiger partial charge in [0.2, 0.25) is 0 Å². The van der Waals surface area contributed by atoms with Crippen LogP contribution in [0.5, 0.6) is 5.75 Å². The van der Waals surface area contributed by atoms with Gasteiger partial charge in [0.25, 0.3) is 0 Å². The van der Waals surface area contributed by atoms with Crippen LogP contribution in [0.4, 0.5) is 0 Å². The van der Waals surface area contributed by atoms with Crippen LogP contribution in [0.3, 0.4) is 0 Å². The molecule has 0 spiro atoms. The number of aryl methyl sites for hydroxylation is 1. The fourth-order valence-corrected chi connectivity index (χ4v) is 1.95. The maximum atomic E-state index is 5.79. The molecule has 0 unspecified atom stereocenters. The second-order valence-corrected chi connectivity index (χ2v) is 5.90. The third kappa shape index (κ3) is 6.08. The number of benzene rings is 1. The zero-order valence-corrected chi connectivity index (χ0v) is 12.8. The molecule has 0 saturated heterocycles. The lowest BCUT2D eigenvalue weighted by atomic mass is 9.93. The van der Waals surface area contributed by atoms with Gasteiger partial charge in [0.05, 0.1) is 0 Å². The number of hydrogen-bond donors (Lipinski definition) is 1. The monoisotopic (exact) mass is 264 g/mol. The molecule has 0 fully saturated rings. The summed E-state index contributed by atoms with van der Waals surface area (Å²) in [7, 11) is 0. The minimum absolute atomic E-state index is 0.167. The van der Waals surface area contributed by atoms with Crippen LogP contribution in [0, 0.1) is 12.3 Å². The molecule has 0 aliphatic carbocycles. The van der Waals surface area contributed by atoms with Crippen molar-refractivity contribution in [2.24, 2.45) is 11.1 Å². The van der Waals surface area contributed by atoms with E-state index in [1.165, 1.54) is 5.56 Å². The van der Waals surface area contributed by atoms with E-state index in [4.69, 9.17) is 10.5 Å². The Labute approximate surface area is 117 Å². The van der Waals surface area contributed by atoms with Crippen LogP contribution in [-0.4, -0.2) is 37.7 Å². The summed E-state index contributed by atoms with van der Waals surface area (Å²) in [4.78, 5) is 2.39. The molecule has 0 aliphatic heterocycles. The van der Waals surface area contributed by atoms with Gasteiger partial charge in [0.15, 0.2) is 0 Å². The van der Waals surface area contributed by atoms with Crippen LogP contribution in [0.2, 0.25) is 0 Å². The topological polar surface area (TPSA) is 38.5 Å². The first kappa shape index (κ1) is 16.0. The van der Waals surface area contributed by atoms with Crippen LogP contribution >= 0.6 is 0 Å². The number of nitrogens with zero attached hydrogens (tertiary/aromatic N) is 1. The predicted octanol–water partition coefficient (Wildman–Crippen LogP) is 2.68. The summed E-state index contributed by atoms with van der Waals surface area (Å²) in [5.74, 6) is 0.944. The Bertz CT molecular complexity index is 360. The number of nitrogens with two attached hydrogens (primary N) is 1. The molecule has 2 N–H and O–H groups in total. The average Bonchev–Trinajstić information content (AvgIpc) is 2.39. The SMILES string of the molecule is CCN(CCOc1ccc(C)cc1)CC(C)(C)CN. The number of likely N-dealkylation sites (N-methyl/N-ethyl adjacent to an activating group) is 1. The fourth-order valence-electron chi connectivity index (χ4n) is 1.95. The lowest BCUT2D eigenvalue weighted by Crippen LogP contribution is -2.40. The van der Waals surface area contributed by atoms with E-state index >= 15 is 0 Å². The van der Waals surface area contributed by atoms with Crippen molar-refractivity contribution in [2.75, 3.05) is 32.8 Å². The quantitative estimate of drug-likeness (QED) is 0.784. The summed E-state index contributed by atoms with van der Waals surface area (Å²) in [6.07, 6.45) is 0. The normalized spacial score (nSPS) is 11.9. The van der Waals surface area contributed by atoms with Crippen molar-refractivity contribution in [3.63, 3.8) is 0 Å². The molecule has 0 radical (unpaired) electrons. The summed E-state index contributed by atoms with van der Waals surface area (Å²) < 4.78 is 5.77.